The lowest BCUT2D eigenvalue weighted by molar-refractivity contribution is 0.0926. The van der Waals surface area contributed by atoms with E-state index in [2.05, 4.69) is 63.7 Å². The minimum Gasteiger partial charge on any atom is -0.309 e. The number of fused-ring (bicyclic) bond motifs is 7. The van der Waals surface area contributed by atoms with Crippen molar-refractivity contribution in [2.24, 2.45) is 0 Å². The molecule has 2 aromatic heterocycles. The molecule has 0 aliphatic carbocycles. The third-order valence-electron chi connectivity index (χ3n) is 14.2. The molecule has 0 radical (unpaired) electrons. The van der Waals surface area contributed by atoms with Gasteiger partial charge in [0.1, 0.15) is 6.07 Å². The van der Waals surface area contributed by atoms with Crippen molar-refractivity contribution in [2.45, 2.75) is 0 Å². The molecule has 0 saturated heterocycles. The number of carbonyl (C=O) groups is 2. The maximum atomic E-state index is 15.5. The zero-order valence-electron chi connectivity index (χ0n) is 38.8. The van der Waals surface area contributed by atoms with Crippen LogP contribution in [-0.4, -0.2) is 20.9 Å². The average Bonchev–Trinajstić information content (AvgIpc) is 4.06. The van der Waals surface area contributed by atoms with Crippen LogP contribution in [0.1, 0.15) is 37.4 Å². The highest BCUT2D eigenvalue weighted by Gasteiger charge is 2.40. The molecule has 0 spiro atoms. The normalized spacial score (nSPS) is 12.1. The van der Waals surface area contributed by atoms with Crippen molar-refractivity contribution in [2.75, 3.05) is 4.90 Å². The maximum Gasteiger partial charge on any atom is 0.266 e. The van der Waals surface area contributed by atoms with Gasteiger partial charge in [-0.25, -0.2) is 4.90 Å². The molecule has 0 fully saturated rings. The Kier molecular flexibility index (Phi) is 9.80. The predicted octanol–water partition coefficient (Wildman–Crippen LogP) is 15.0. The summed E-state index contributed by atoms with van der Waals surface area (Å²) in [5, 5.41) is 35.9. The van der Waals surface area contributed by atoms with Crippen LogP contribution in [0.3, 0.4) is 0 Å². The van der Waals surface area contributed by atoms with Crippen molar-refractivity contribution in [3.63, 3.8) is 0 Å². The number of hydrogen-bond acceptors (Lipinski definition) is 5. The Bertz CT molecular complexity index is 4310. The second kappa shape index (κ2) is 16.8. The SMILES string of the molecule is N#Cc1ccccc1-c1ccc2c3ccc(-c4ccccc4C#N)cc3n(-c3cc(C#N)c(-n4c5ccccc5c5ccccc54)cc3-c3cccc4c3C(=O)N(c3ccccc3-c3ccccc3)C4=O)c2c1. The molecule has 3 heterocycles. The van der Waals surface area contributed by atoms with Crippen LogP contribution in [0.5, 0.6) is 0 Å². The molecule has 12 aromatic rings. The molecule has 0 atom stereocenters. The van der Waals surface area contributed by atoms with E-state index in [0.29, 0.717) is 44.9 Å². The van der Waals surface area contributed by atoms with Crippen LogP contribution in [0.4, 0.5) is 5.69 Å². The van der Waals surface area contributed by atoms with Crippen LogP contribution >= 0.6 is 0 Å². The minimum absolute atomic E-state index is 0.238. The Morgan fingerprint density at radius 3 is 1.38 bits per heavy atom. The number of rotatable bonds is 7. The van der Waals surface area contributed by atoms with Crippen molar-refractivity contribution < 1.29 is 9.59 Å². The number of para-hydroxylation sites is 3. The fourth-order valence-corrected chi connectivity index (χ4v) is 11.0. The van der Waals surface area contributed by atoms with E-state index >= 15 is 4.79 Å². The first kappa shape index (κ1) is 42.5. The predicted molar refractivity (Wildman–Crippen MR) is 289 cm³/mol. The van der Waals surface area contributed by atoms with Gasteiger partial charge < -0.3 is 9.13 Å². The van der Waals surface area contributed by atoms with Gasteiger partial charge in [-0.2, -0.15) is 15.8 Å². The smallest absolute Gasteiger partial charge is 0.266 e. The van der Waals surface area contributed by atoms with Gasteiger partial charge in [0.05, 0.1) is 79.1 Å². The Morgan fingerprint density at radius 2 is 0.781 bits per heavy atom. The average molecular weight is 933 g/mol. The van der Waals surface area contributed by atoms with Crippen LogP contribution < -0.4 is 4.90 Å². The number of benzene rings is 10. The maximum absolute atomic E-state index is 15.5. The number of amides is 2. The third-order valence-corrected chi connectivity index (χ3v) is 14.2. The highest BCUT2D eigenvalue weighted by Crippen LogP contribution is 2.46. The Balaban J connectivity index is 1.15. The fourth-order valence-electron chi connectivity index (χ4n) is 11.0. The lowest BCUT2D eigenvalue weighted by Gasteiger charge is -2.21. The molecular weight excluding hydrogens is 897 g/mol. The Morgan fingerprint density at radius 1 is 0.301 bits per heavy atom. The van der Waals surface area contributed by atoms with Crippen LogP contribution in [0.25, 0.3) is 99.5 Å². The van der Waals surface area contributed by atoms with Crippen LogP contribution in [-0.2, 0) is 0 Å². The van der Waals surface area contributed by atoms with Gasteiger partial charge in [0, 0.05) is 32.7 Å². The van der Waals surface area contributed by atoms with E-state index in [9.17, 15) is 20.6 Å². The highest BCUT2D eigenvalue weighted by atomic mass is 16.2. The molecule has 8 heteroatoms. The van der Waals surface area contributed by atoms with Crippen LogP contribution in [0.15, 0.2) is 218 Å². The number of aromatic nitrogens is 2. The van der Waals surface area contributed by atoms with E-state index in [1.165, 1.54) is 4.90 Å². The standard InChI is InChI=1S/C65H36N6O2/c66-37-43-17-4-6-19-46(43)41-29-31-51-52-32-30-42(47-20-7-5-18-44(47)38-67)34-61(52)70(60(51)33-41)62-35-45(39-68)59(69-57-27-12-9-22-49(57)50-23-10-13-28-58(50)69)36-55(62)53-24-14-25-54-63(53)65(73)71(64(54)72)56-26-11-8-21-48(56)40-15-2-1-3-16-40/h1-36H. The molecule has 73 heavy (non-hydrogen) atoms. The summed E-state index contributed by atoms with van der Waals surface area (Å²) in [5.41, 5.74) is 12.7. The lowest BCUT2D eigenvalue weighted by Crippen LogP contribution is -2.30. The molecule has 1 aliphatic rings. The van der Waals surface area contributed by atoms with Gasteiger partial charge in [0.25, 0.3) is 11.8 Å². The van der Waals surface area contributed by atoms with Crippen molar-refractivity contribution in [3.05, 3.63) is 246 Å². The molecule has 0 bridgehead atoms. The number of imide groups is 1. The first-order valence-corrected chi connectivity index (χ1v) is 23.8. The van der Waals surface area contributed by atoms with Crippen molar-refractivity contribution >= 4 is 61.1 Å². The van der Waals surface area contributed by atoms with E-state index in [4.69, 9.17) is 0 Å². The van der Waals surface area contributed by atoms with Crippen LogP contribution in [0.2, 0.25) is 0 Å². The number of hydrogen-bond donors (Lipinski definition) is 0. The van der Waals surface area contributed by atoms with Gasteiger partial charge in [0.2, 0.25) is 0 Å². The number of nitriles is 3. The summed E-state index contributed by atoms with van der Waals surface area (Å²) < 4.78 is 4.23. The summed E-state index contributed by atoms with van der Waals surface area (Å²) >= 11 is 0. The van der Waals surface area contributed by atoms with Crippen molar-refractivity contribution in [3.8, 4) is 74.1 Å². The topological polar surface area (TPSA) is 119 Å². The quantitative estimate of drug-likeness (QED) is 0.147. The molecule has 338 valence electrons. The summed E-state index contributed by atoms with van der Waals surface area (Å²) in [6.07, 6.45) is 0. The Hall–Kier alpha value is -10.6. The summed E-state index contributed by atoms with van der Waals surface area (Å²) in [5.74, 6) is -0.915. The first-order valence-electron chi connectivity index (χ1n) is 23.8. The van der Waals surface area contributed by atoms with Gasteiger partial charge in [-0.3, -0.25) is 9.59 Å². The number of nitrogens with zero attached hydrogens (tertiary/aromatic N) is 6. The van der Waals surface area contributed by atoms with Gasteiger partial charge in [-0.1, -0.05) is 158 Å². The molecule has 0 N–H and O–H groups in total. The van der Waals surface area contributed by atoms with Gasteiger partial charge in [-0.15, -0.1) is 0 Å². The van der Waals surface area contributed by atoms with E-state index in [1.54, 1.807) is 24.3 Å². The zero-order chi connectivity index (χ0) is 49.3. The molecule has 10 aromatic carbocycles. The van der Waals surface area contributed by atoms with E-state index in [1.807, 2.05) is 158 Å². The summed E-state index contributed by atoms with van der Waals surface area (Å²) in [4.78, 5) is 31.7. The first-order chi connectivity index (χ1) is 35.9. The molecule has 8 nitrogen and oxygen atoms in total. The molecule has 2 amide bonds. The second-order valence-electron chi connectivity index (χ2n) is 18.0. The molecule has 0 saturated carbocycles. The largest absolute Gasteiger partial charge is 0.309 e. The van der Waals surface area contributed by atoms with E-state index in [-0.39, 0.29) is 11.1 Å². The highest BCUT2D eigenvalue weighted by molar-refractivity contribution is 6.37. The molecular formula is C65H36N6O2. The van der Waals surface area contributed by atoms with Crippen molar-refractivity contribution in [1.82, 2.24) is 9.13 Å². The fraction of sp³-hybridized carbons (Fsp3) is 0. The third kappa shape index (κ3) is 6.51. The van der Waals surface area contributed by atoms with Gasteiger partial charge in [-0.05, 0) is 94.0 Å². The van der Waals surface area contributed by atoms with E-state index in [0.717, 1.165) is 77.0 Å². The number of anilines is 1. The van der Waals surface area contributed by atoms with Crippen LogP contribution in [0, 0.1) is 34.0 Å². The minimum atomic E-state index is -0.472. The second-order valence-corrected chi connectivity index (χ2v) is 18.0. The van der Waals surface area contributed by atoms with Gasteiger partial charge in [0.15, 0.2) is 0 Å². The summed E-state index contributed by atoms with van der Waals surface area (Å²) in [6.45, 7) is 0. The van der Waals surface area contributed by atoms with Gasteiger partial charge >= 0.3 is 0 Å². The monoisotopic (exact) mass is 932 g/mol. The lowest BCUT2D eigenvalue weighted by atomic mass is 9.93. The Labute approximate surface area is 418 Å². The summed E-state index contributed by atoms with van der Waals surface area (Å²) in [6, 6.07) is 77.2. The van der Waals surface area contributed by atoms with Crippen molar-refractivity contribution in [1.29, 1.82) is 15.8 Å². The zero-order valence-corrected chi connectivity index (χ0v) is 38.8. The number of carbonyl (C=O) groups excluding carboxylic acids is 2. The van der Waals surface area contributed by atoms with E-state index < -0.39 is 11.8 Å². The molecule has 1 aliphatic heterocycles. The summed E-state index contributed by atoms with van der Waals surface area (Å²) in [7, 11) is 0. The molecule has 13 rings (SSSR count). The molecule has 0 unspecified atom stereocenters.